The van der Waals surface area contributed by atoms with Crippen molar-refractivity contribution in [3.05, 3.63) is 112 Å². The van der Waals surface area contributed by atoms with Gasteiger partial charge < -0.3 is 24.5 Å². The summed E-state index contributed by atoms with van der Waals surface area (Å²) < 4.78 is 59.4. The molecule has 12 heteroatoms. The van der Waals surface area contributed by atoms with Gasteiger partial charge in [0.05, 0.1) is 11.0 Å². The molecule has 6 aromatic rings. The van der Waals surface area contributed by atoms with Gasteiger partial charge in [-0.05, 0) is 83.5 Å². The summed E-state index contributed by atoms with van der Waals surface area (Å²) >= 11 is 6.28. The molecule has 0 saturated heterocycles. The number of carbonyl (C=O) groups excluding carboxylic acids is 2. The van der Waals surface area contributed by atoms with Gasteiger partial charge in [0.15, 0.2) is 0 Å². The summed E-state index contributed by atoms with van der Waals surface area (Å²) in [5.74, 6) is -0.804. The lowest BCUT2D eigenvalue weighted by molar-refractivity contribution is -0.274. The molecule has 4 heterocycles. The summed E-state index contributed by atoms with van der Waals surface area (Å²) in [4.78, 5) is 24.6. The standard InChI is InChI=1S/C22H23FN2O.C19H14ClF3N2O2/c1-13-17-11-16(23)12-18(14-5-7-15(8-6-14)22(2,3)4)20(17)25-10-9-24-21(26)19(13)25;1-10-14-8-12(20)9-15(17(14)25-7-6-24-18(26)16(10)25)11-2-4-13(5-3-11)27-19(21,22)23/h5-8,11-12H,9-10H2,1-4H3,(H,24,26);2-5,8-9H,6-7H2,1H3,(H,24,26). The Morgan fingerprint density at radius 1 is 0.698 bits per heavy atom. The number of nitrogens with zero attached hydrogens (tertiary/aromatic N) is 2. The van der Waals surface area contributed by atoms with E-state index < -0.39 is 6.36 Å². The summed E-state index contributed by atoms with van der Waals surface area (Å²) in [6.45, 7) is 12.7. The molecular formula is C41H37ClF4N4O3. The molecule has 4 aromatic carbocycles. The Bertz CT molecular complexity index is 2420. The summed E-state index contributed by atoms with van der Waals surface area (Å²) in [6.07, 6.45) is -4.74. The van der Waals surface area contributed by atoms with Crippen molar-refractivity contribution in [2.24, 2.45) is 0 Å². The number of rotatable bonds is 3. The van der Waals surface area contributed by atoms with Gasteiger partial charge >= 0.3 is 6.36 Å². The third-order valence-corrected chi connectivity index (χ3v) is 10.1. The third-order valence-electron chi connectivity index (χ3n) is 9.88. The zero-order chi connectivity index (χ0) is 38.0. The van der Waals surface area contributed by atoms with Gasteiger partial charge in [-0.1, -0.05) is 68.8 Å². The SMILES string of the molecule is Cc1c2n(c3c(-c4ccc(C(C)(C)C)cc4)cc(F)cc13)CCNC2=O.Cc1c2n(c3c(-c4ccc(OC(F)(F)F)cc4)cc(Cl)cc13)CCNC2=O. The molecule has 2 amide bonds. The van der Waals surface area contributed by atoms with E-state index in [9.17, 15) is 27.2 Å². The van der Waals surface area contributed by atoms with Crippen LogP contribution in [-0.4, -0.2) is 40.4 Å². The van der Waals surface area contributed by atoms with Crippen LogP contribution in [0.25, 0.3) is 44.1 Å². The molecule has 8 rings (SSSR count). The lowest BCUT2D eigenvalue weighted by Gasteiger charge is -2.20. The molecule has 0 fully saturated rings. The van der Waals surface area contributed by atoms with Gasteiger partial charge in [0.1, 0.15) is 23.0 Å². The van der Waals surface area contributed by atoms with Crippen LogP contribution in [0.3, 0.4) is 0 Å². The zero-order valence-corrected chi connectivity index (χ0v) is 30.5. The van der Waals surface area contributed by atoms with Gasteiger partial charge in [-0.2, -0.15) is 0 Å². The highest BCUT2D eigenvalue weighted by Crippen LogP contribution is 2.39. The largest absolute Gasteiger partial charge is 0.573 e. The zero-order valence-electron chi connectivity index (χ0n) is 29.8. The Hall–Kier alpha value is -5.29. The Morgan fingerprint density at radius 3 is 1.66 bits per heavy atom. The monoisotopic (exact) mass is 744 g/mol. The highest BCUT2D eigenvalue weighted by atomic mass is 35.5. The number of alkyl halides is 3. The van der Waals surface area contributed by atoms with Gasteiger partial charge in [0, 0.05) is 53.1 Å². The number of hydrogen-bond donors (Lipinski definition) is 2. The van der Waals surface area contributed by atoms with Crippen molar-refractivity contribution in [2.45, 2.75) is 59.5 Å². The van der Waals surface area contributed by atoms with E-state index in [2.05, 4.69) is 48.3 Å². The first-order valence-electron chi connectivity index (χ1n) is 17.2. The second-order valence-electron chi connectivity index (χ2n) is 14.4. The van der Waals surface area contributed by atoms with Crippen molar-refractivity contribution in [1.82, 2.24) is 19.8 Å². The fourth-order valence-corrected chi connectivity index (χ4v) is 7.64. The smallest absolute Gasteiger partial charge is 0.406 e. The molecule has 0 aliphatic carbocycles. The molecule has 0 spiro atoms. The van der Waals surface area contributed by atoms with Crippen LogP contribution in [0.15, 0.2) is 72.8 Å². The number of fused-ring (bicyclic) bond motifs is 6. The summed E-state index contributed by atoms with van der Waals surface area (Å²) in [5, 5.41) is 7.86. The maximum Gasteiger partial charge on any atom is 0.573 e. The normalized spacial score (nSPS) is 14.3. The topological polar surface area (TPSA) is 77.3 Å². The first kappa shape index (κ1) is 36.1. The van der Waals surface area contributed by atoms with E-state index in [4.69, 9.17) is 11.6 Å². The first-order chi connectivity index (χ1) is 25.0. The van der Waals surface area contributed by atoms with Gasteiger partial charge in [0.2, 0.25) is 0 Å². The van der Waals surface area contributed by atoms with Crippen LogP contribution in [0.4, 0.5) is 17.6 Å². The van der Waals surface area contributed by atoms with Crippen LogP contribution in [0.1, 0.15) is 58.4 Å². The minimum atomic E-state index is -4.74. The predicted molar refractivity (Wildman–Crippen MR) is 199 cm³/mol. The molecule has 2 aliphatic rings. The van der Waals surface area contributed by atoms with E-state index in [-0.39, 0.29) is 28.8 Å². The maximum absolute atomic E-state index is 14.4. The molecular weight excluding hydrogens is 708 g/mol. The fraction of sp³-hybridized carbons (Fsp3) is 0.268. The van der Waals surface area contributed by atoms with Gasteiger partial charge in [-0.25, -0.2) is 4.39 Å². The van der Waals surface area contributed by atoms with Gasteiger partial charge in [-0.3, -0.25) is 9.59 Å². The summed E-state index contributed by atoms with van der Waals surface area (Å²) in [5.41, 5.74) is 9.21. The second-order valence-corrected chi connectivity index (χ2v) is 14.8. The maximum atomic E-state index is 14.4. The van der Waals surface area contributed by atoms with E-state index >= 15 is 0 Å². The summed E-state index contributed by atoms with van der Waals surface area (Å²) in [7, 11) is 0. The molecule has 2 aliphatic heterocycles. The second kappa shape index (κ2) is 13.3. The number of halogens is 5. The van der Waals surface area contributed by atoms with Crippen molar-refractivity contribution in [3.63, 3.8) is 0 Å². The van der Waals surface area contributed by atoms with E-state index in [0.29, 0.717) is 48.2 Å². The van der Waals surface area contributed by atoms with Crippen LogP contribution in [0, 0.1) is 19.7 Å². The molecule has 0 radical (unpaired) electrons. The molecule has 53 heavy (non-hydrogen) atoms. The van der Waals surface area contributed by atoms with Gasteiger partial charge in [-0.15, -0.1) is 13.2 Å². The predicted octanol–water partition coefficient (Wildman–Crippen LogP) is 9.71. The number of nitrogens with one attached hydrogen (secondary N) is 2. The molecule has 2 aromatic heterocycles. The van der Waals surface area contributed by atoms with Crippen LogP contribution in [0.5, 0.6) is 5.75 Å². The number of ether oxygens (including phenoxy) is 1. The van der Waals surface area contributed by atoms with Crippen LogP contribution < -0.4 is 15.4 Å². The third kappa shape index (κ3) is 6.74. The average molecular weight is 745 g/mol. The lowest BCUT2D eigenvalue weighted by Crippen LogP contribution is -2.35. The number of amides is 2. The highest BCUT2D eigenvalue weighted by molar-refractivity contribution is 6.32. The number of benzene rings is 4. The lowest BCUT2D eigenvalue weighted by atomic mass is 9.86. The molecule has 2 N–H and O–H groups in total. The van der Waals surface area contributed by atoms with Crippen molar-refractivity contribution >= 4 is 45.2 Å². The minimum Gasteiger partial charge on any atom is -0.406 e. The molecule has 0 unspecified atom stereocenters. The minimum absolute atomic E-state index is 0.0681. The Kier molecular flexibility index (Phi) is 9.05. The highest BCUT2D eigenvalue weighted by Gasteiger charge is 2.31. The fourth-order valence-electron chi connectivity index (χ4n) is 7.42. The van der Waals surface area contributed by atoms with Crippen LogP contribution in [-0.2, 0) is 18.5 Å². The molecule has 274 valence electrons. The van der Waals surface area contributed by atoms with Gasteiger partial charge in [0.25, 0.3) is 11.8 Å². The number of hydrogen-bond acceptors (Lipinski definition) is 3. The van der Waals surface area contributed by atoms with E-state index in [1.807, 2.05) is 35.1 Å². The summed E-state index contributed by atoms with van der Waals surface area (Å²) in [6, 6.07) is 20.6. The molecule has 7 nitrogen and oxygen atoms in total. The molecule has 0 atom stereocenters. The Labute approximate surface area is 308 Å². The Morgan fingerprint density at radius 2 is 1.17 bits per heavy atom. The van der Waals surface area contributed by atoms with Crippen molar-refractivity contribution < 1.29 is 31.9 Å². The molecule has 0 saturated carbocycles. The van der Waals surface area contributed by atoms with Crippen molar-refractivity contribution in [3.8, 4) is 28.0 Å². The average Bonchev–Trinajstić information content (AvgIpc) is 3.55. The number of aryl methyl sites for hydroxylation is 2. The quantitative estimate of drug-likeness (QED) is 0.177. The Balaban J connectivity index is 0.000000164. The molecule has 0 bridgehead atoms. The van der Waals surface area contributed by atoms with E-state index in [1.165, 1.54) is 23.8 Å². The van der Waals surface area contributed by atoms with E-state index in [1.54, 1.807) is 30.3 Å². The number of aromatic nitrogens is 2. The van der Waals surface area contributed by atoms with Crippen molar-refractivity contribution in [2.75, 3.05) is 13.1 Å². The van der Waals surface area contributed by atoms with E-state index in [0.717, 1.165) is 49.6 Å². The van der Waals surface area contributed by atoms with Crippen LogP contribution >= 0.6 is 11.6 Å². The first-order valence-corrected chi connectivity index (χ1v) is 17.6. The van der Waals surface area contributed by atoms with Crippen LogP contribution in [0.2, 0.25) is 5.02 Å². The number of carbonyl (C=O) groups is 2. The van der Waals surface area contributed by atoms with Crippen molar-refractivity contribution in [1.29, 1.82) is 0 Å².